The lowest BCUT2D eigenvalue weighted by Crippen LogP contribution is -2.40. The number of fused-ring (bicyclic) bond motifs is 1. The topological polar surface area (TPSA) is 15.3 Å². The Hall–Kier alpha value is -2.43. The van der Waals surface area contributed by atoms with Crippen molar-refractivity contribution in [1.29, 1.82) is 0 Å². The molecule has 3 aromatic rings. The zero-order chi connectivity index (χ0) is 20.3. The molecule has 3 aromatic carbocycles. The van der Waals surface area contributed by atoms with Crippen LogP contribution in [0.25, 0.3) is 0 Å². The predicted molar refractivity (Wildman–Crippen MR) is 115 cm³/mol. The van der Waals surface area contributed by atoms with Gasteiger partial charge in [-0.25, -0.2) is 0 Å². The summed E-state index contributed by atoms with van der Waals surface area (Å²) in [7, 11) is 0. The molecule has 0 amide bonds. The smallest absolute Gasteiger partial charge is 0.316 e. The van der Waals surface area contributed by atoms with Crippen molar-refractivity contribution in [2.45, 2.75) is 25.4 Å². The number of halogens is 3. The molecule has 0 unspecified atom stereocenters. The van der Waals surface area contributed by atoms with Gasteiger partial charge in [0, 0.05) is 12.1 Å². The number of alkyl halides is 2. The van der Waals surface area contributed by atoms with E-state index in [0.717, 1.165) is 36.2 Å². The molecule has 1 aliphatic rings. The minimum atomic E-state index is -3.21. The highest BCUT2D eigenvalue weighted by Gasteiger charge is 2.41. The zero-order valence-electron chi connectivity index (χ0n) is 16.0. The lowest BCUT2D eigenvalue weighted by Gasteiger charge is -2.36. The van der Waals surface area contributed by atoms with Crippen LogP contribution in [0.1, 0.15) is 22.3 Å². The van der Waals surface area contributed by atoms with Crippen molar-refractivity contribution in [3.05, 3.63) is 100 Å². The average molecular weight is 413 g/mol. The van der Waals surface area contributed by atoms with Crippen molar-refractivity contribution >= 4 is 17.3 Å². The van der Waals surface area contributed by atoms with Crippen molar-refractivity contribution in [2.75, 3.05) is 18.0 Å². The second-order valence-electron chi connectivity index (χ2n) is 7.26. The Bertz CT molecular complexity index is 961. The Balaban J connectivity index is 1.87. The second kappa shape index (κ2) is 8.52. The first kappa shape index (κ1) is 19.9. The first-order valence-electron chi connectivity index (χ1n) is 9.83. The van der Waals surface area contributed by atoms with Gasteiger partial charge in [0.05, 0.1) is 10.7 Å². The number of nitrogens with zero attached hydrogens (tertiary/aromatic N) is 1. The Morgan fingerprint density at radius 2 is 1.52 bits per heavy atom. The van der Waals surface area contributed by atoms with Gasteiger partial charge < -0.3 is 10.2 Å². The summed E-state index contributed by atoms with van der Waals surface area (Å²) in [5, 5.41) is 3.71. The highest BCUT2D eigenvalue weighted by atomic mass is 35.5. The maximum absolute atomic E-state index is 15.9. The van der Waals surface area contributed by atoms with E-state index in [-0.39, 0.29) is 12.1 Å². The highest BCUT2D eigenvalue weighted by Crippen LogP contribution is 2.43. The summed E-state index contributed by atoms with van der Waals surface area (Å²) in [6.07, 6.45) is 1.47. The molecular formula is C24H23ClF2N2. The van der Waals surface area contributed by atoms with Crippen LogP contribution in [0.3, 0.4) is 0 Å². The van der Waals surface area contributed by atoms with E-state index in [1.54, 1.807) is 24.3 Å². The Morgan fingerprint density at radius 1 is 0.862 bits per heavy atom. The third-order valence-electron chi connectivity index (χ3n) is 5.37. The van der Waals surface area contributed by atoms with Crippen LogP contribution in [0.2, 0.25) is 5.02 Å². The van der Waals surface area contributed by atoms with Crippen molar-refractivity contribution in [3.63, 3.8) is 0 Å². The molecule has 0 bridgehead atoms. The summed E-state index contributed by atoms with van der Waals surface area (Å²) in [6, 6.07) is 17.8. The SMILES string of the molecule is FC(F)(c1ccccc1)N(Cc1ccccc1)c1c(Cl)ccc2c1CCNCC2. The summed E-state index contributed by atoms with van der Waals surface area (Å²) >= 11 is 6.57. The summed E-state index contributed by atoms with van der Waals surface area (Å²) in [6.45, 7) is 1.64. The van der Waals surface area contributed by atoms with Gasteiger partial charge in [-0.1, -0.05) is 78.3 Å². The monoisotopic (exact) mass is 412 g/mol. The fourth-order valence-corrected chi connectivity index (χ4v) is 4.17. The average Bonchev–Trinajstić information content (AvgIpc) is 2.99. The van der Waals surface area contributed by atoms with Gasteiger partial charge in [0.25, 0.3) is 0 Å². The Kier molecular flexibility index (Phi) is 5.84. The van der Waals surface area contributed by atoms with Crippen LogP contribution in [0.4, 0.5) is 14.5 Å². The molecule has 0 saturated carbocycles. The largest absolute Gasteiger partial charge is 0.353 e. The fourth-order valence-electron chi connectivity index (χ4n) is 3.90. The van der Waals surface area contributed by atoms with Gasteiger partial charge in [-0.3, -0.25) is 0 Å². The molecule has 1 aliphatic heterocycles. The standard InChI is InChI=1S/C24H23ClF2N2/c25-22-12-11-19-13-15-28-16-14-21(19)23(22)29(17-18-7-3-1-4-8-18)24(26,27)20-9-5-2-6-10-20/h1-12,28H,13-17H2. The summed E-state index contributed by atoms with van der Waals surface area (Å²) in [4.78, 5) is 1.17. The molecule has 0 atom stereocenters. The van der Waals surface area contributed by atoms with Crippen molar-refractivity contribution < 1.29 is 8.78 Å². The first-order chi connectivity index (χ1) is 14.1. The van der Waals surface area contributed by atoms with E-state index < -0.39 is 6.05 Å². The third kappa shape index (κ3) is 4.14. The van der Waals surface area contributed by atoms with E-state index in [9.17, 15) is 0 Å². The van der Waals surface area contributed by atoms with Gasteiger partial charge in [0.15, 0.2) is 0 Å². The molecule has 0 radical (unpaired) electrons. The van der Waals surface area contributed by atoms with Crippen LogP contribution >= 0.6 is 11.6 Å². The van der Waals surface area contributed by atoms with Gasteiger partial charge in [0.1, 0.15) is 0 Å². The molecule has 0 fully saturated rings. The van der Waals surface area contributed by atoms with Crippen LogP contribution in [-0.2, 0) is 25.4 Å². The fraction of sp³-hybridized carbons (Fsp3) is 0.250. The zero-order valence-corrected chi connectivity index (χ0v) is 16.8. The minimum absolute atomic E-state index is 0.0450. The van der Waals surface area contributed by atoms with Crippen LogP contribution < -0.4 is 10.2 Å². The maximum atomic E-state index is 15.9. The molecule has 29 heavy (non-hydrogen) atoms. The number of nitrogens with one attached hydrogen (secondary N) is 1. The van der Waals surface area contributed by atoms with Crippen molar-refractivity contribution in [3.8, 4) is 0 Å². The van der Waals surface area contributed by atoms with Crippen molar-refractivity contribution in [1.82, 2.24) is 5.32 Å². The lowest BCUT2D eigenvalue weighted by molar-refractivity contribution is -0.00991. The Labute approximate surface area is 175 Å². The third-order valence-corrected chi connectivity index (χ3v) is 5.67. The van der Waals surface area contributed by atoms with Gasteiger partial charge in [-0.2, -0.15) is 8.78 Å². The van der Waals surface area contributed by atoms with E-state index in [2.05, 4.69) is 5.32 Å². The first-order valence-corrected chi connectivity index (χ1v) is 10.2. The van der Waals surface area contributed by atoms with E-state index in [4.69, 9.17) is 11.6 Å². The summed E-state index contributed by atoms with van der Waals surface area (Å²) in [5.74, 6) is 0. The quantitative estimate of drug-likeness (QED) is 0.534. The molecule has 0 aromatic heterocycles. The van der Waals surface area contributed by atoms with Crippen LogP contribution in [0, 0.1) is 0 Å². The van der Waals surface area contributed by atoms with Gasteiger partial charge in [-0.05, 0) is 48.7 Å². The van der Waals surface area contributed by atoms with Crippen LogP contribution in [0.5, 0.6) is 0 Å². The molecule has 4 rings (SSSR count). The number of hydrogen-bond donors (Lipinski definition) is 1. The normalized spacial score (nSPS) is 14.2. The maximum Gasteiger partial charge on any atom is 0.353 e. The van der Waals surface area contributed by atoms with Crippen LogP contribution in [-0.4, -0.2) is 13.1 Å². The molecule has 0 saturated heterocycles. The molecule has 1 N–H and O–H groups in total. The van der Waals surface area contributed by atoms with Crippen LogP contribution in [0.15, 0.2) is 72.8 Å². The minimum Gasteiger partial charge on any atom is -0.316 e. The van der Waals surface area contributed by atoms with Gasteiger partial charge in [-0.15, -0.1) is 0 Å². The van der Waals surface area contributed by atoms with E-state index in [1.165, 1.54) is 17.0 Å². The lowest BCUT2D eigenvalue weighted by atomic mass is 9.98. The molecule has 150 valence electrons. The Morgan fingerprint density at radius 3 is 2.24 bits per heavy atom. The summed E-state index contributed by atoms with van der Waals surface area (Å²) in [5.41, 5.74) is 3.19. The molecule has 1 heterocycles. The molecular weight excluding hydrogens is 390 g/mol. The summed E-state index contributed by atoms with van der Waals surface area (Å²) < 4.78 is 31.8. The highest BCUT2D eigenvalue weighted by molar-refractivity contribution is 6.33. The number of hydrogen-bond acceptors (Lipinski definition) is 2. The number of rotatable bonds is 5. The second-order valence-corrected chi connectivity index (χ2v) is 7.67. The van der Waals surface area contributed by atoms with Gasteiger partial charge >= 0.3 is 6.05 Å². The van der Waals surface area contributed by atoms with Crippen molar-refractivity contribution in [2.24, 2.45) is 0 Å². The van der Waals surface area contributed by atoms with E-state index in [0.29, 0.717) is 17.1 Å². The molecule has 0 aliphatic carbocycles. The molecule has 2 nitrogen and oxygen atoms in total. The predicted octanol–water partition coefficient (Wildman–Crippen LogP) is 5.78. The van der Waals surface area contributed by atoms with E-state index in [1.807, 2.05) is 36.4 Å². The van der Waals surface area contributed by atoms with E-state index >= 15 is 8.78 Å². The molecule has 5 heteroatoms. The number of benzene rings is 3. The molecule has 0 spiro atoms. The van der Waals surface area contributed by atoms with Gasteiger partial charge in [0.2, 0.25) is 0 Å². The number of anilines is 1.